The highest BCUT2D eigenvalue weighted by molar-refractivity contribution is 5.79. The Balaban J connectivity index is 2.00. The molecule has 2 fully saturated rings. The molecule has 0 radical (unpaired) electrons. The van der Waals surface area contributed by atoms with Gasteiger partial charge in [-0.1, -0.05) is 6.92 Å². The van der Waals surface area contributed by atoms with Gasteiger partial charge in [0.25, 0.3) is 0 Å². The first-order chi connectivity index (χ1) is 7.29. The molecule has 4 nitrogen and oxygen atoms in total. The van der Waals surface area contributed by atoms with Crippen LogP contribution in [0, 0.1) is 5.92 Å². The van der Waals surface area contributed by atoms with Crippen molar-refractivity contribution in [2.45, 2.75) is 32.4 Å². The van der Waals surface area contributed by atoms with E-state index < -0.39 is 0 Å². The van der Waals surface area contributed by atoms with Crippen LogP contribution in [0.4, 0.5) is 0 Å². The van der Waals surface area contributed by atoms with E-state index in [4.69, 9.17) is 0 Å². The van der Waals surface area contributed by atoms with Gasteiger partial charge in [-0.25, -0.2) is 0 Å². The minimum absolute atomic E-state index is 0.122. The highest BCUT2D eigenvalue weighted by Gasteiger charge is 2.29. The molecule has 86 valence electrons. The van der Waals surface area contributed by atoms with Crippen molar-refractivity contribution in [3.8, 4) is 0 Å². The summed E-state index contributed by atoms with van der Waals surface area (Å²) >= 11 is 0. The van der Waals surface area contributed by atoms with Gasteiger partial charge in [-0.05, 0) is 25.8 Å². The lowest BCUT2D eigenvalue weighted by atomic mass is 10.1. The number of amides is 1. The molecule has 2 saturated heterocycles. The van der Waals surface area contributed by atoms with Gasteiger partial charge in [-0.3, -0.25) is 10.1 Å². The molecule has 2 heterocycles. The third kappa shape index (κ3) is 2.49. The van der Waals surface area contributed by atoms with Crippen molar-refractivity contribution in [3.63, 3.8) is 0 Å². The molecule has 2 aliphatic rings. The van der Waals surface area contributed by atoms with Crippen LogP contribution in [0.3, 0.4) is 0 Å². The van der Waals surface area contributed by atoms with Crippen LogP contribution in [-0.2, 0) is 4.79 Å². The summed E-state index contributed by atoms with van der Waals surface area (Å²) in [5.74, 6) is 0.427. The second-order valence-electron chi connectivity index (χ2n) is 4.60. The summed E-state index contributed by atoms with van der Waals surface area (Å²) in [6.07, 6.45) is 3.88. The molecule has 0 aliphatic carbocycles. The van der Waals surface area contributed by atoms with Crippen LogP contribution in [0.2, 0.25) is 0 Å². The van der Waals surface area contributed by atoms with Crippen molar-refractivity contribution in [2.75, 3.05) is 26.2 Å². The molecule has 2 N–H and O–H groups in total. The normalized spacial score (nSPS) is 33.9. The van der Waals surface area contributed by atoms with E-state index >= 15 is 0 Å². The highest BCUT2D eigenvalue weighted by atomic mass is 16.2. The SMILES string of the molecule is CC1CNCCN(C2CCCCN2)C1=O. The fourth-order valence-corrected chi connectivity index (χ4v) is 2.41. The Morgan fingerprint density at radius 3 is 2.93 bits per heavy atom. The van der Waals surface area contributed by atoms with Gasteiger partial charge >= 0.3 is 0 Å². The van der Waals surface area contributed by atoms with E-state index in [1.54, 1.807) is 0 Å². The van der Waals surface area contributed by atoms with Crippen LogP contribution in [0.15, 0.2) is 0 Å². The van der Waals surface area contributed by atoms with E-state index in [1.807, 2.05) is 11.8 Å². The van der Waals surface area contributed by atoms with Crippen LogP contribution < -0.4 is 10.6 Å². The predicted octanol–water partition coefficient (Wildman–Crippen LogP) is 0.154. The standard InChI is InChI=1S/C11H21N3O/c1-9-8-12-6-7-14(11(9)15)10-4-2-3-5-13-10/h9-10,12-13H,2-8H2,1H3. The van der Waals surface area contributed by atoms with Gasteiger partial charge in [0.1, 0.15) is 0 Å². The lowest BCUT2D eigenvalue weighted by Gasteiger charge is -2.35. The lowest BCUT2D eigenvalue weighted by molar-refractivity contribution is -0.137. The number of hydrogen-bond donors (Lipinski definition) is 2. The van der Waals surface area contributed by atoms with Gasteiger partial charge in [-0.15, -0.1) is 0 Å². The quantitative estimate of drug-likeness (QED) is 0.649. The lowest BCUT2D eigenvalue weighted by Crippen LogP contribution is -2.52. The maximum Gasteiger partial charge on any atom is 0.227 e. The van der Waals surface area contributed by atoms with Gasteiger partial charge in [-0.2, -0.15) is 0 Å². The average Bonchev–Trinajstić information content (AvgIpc) is 2.44. The Morgan fingerprint density at radius 1 is 1.33 bits per heavy atom. The summed E-state index contributed by atoms with van der Waals surface area (Å²) in [7, 11) is 0. The summed E-state index contributed by atoms with van der Waals surface area (Å²) < 4.78 is 0. The fraction of sp³-hybridized carbons (Fsp3) is 0.909. The van der Waals surface area contributed by atoms with Crippen molar-refractivity contribution >= 4 is 5.91 Å². The molecule has 0 aromatic carbocycles. The van der Waals surface area contributed by atoms with E-state index in [9.17, 15) is 4.79 Å². The van der Waals surface area contributed by atoms with Crippen molar-refractivity contribution in [1.82, 2.24) is 15.5 Å². The number of piperidine rings is 1. The predicted molar refractivity (Wildman–Crippen MR) is 59.4 cm³/mol. The Hall–Kier alpha value is -0.610. The summed E-state index contributed by atoms with van der Waals surface area (Å²) in [5.41, 5.74) is 0. The zero-order valence-electron chi connectivity index (χ0n) is 9.46. The molecule has 2 atom stereocenters. The molecular weight excluding hydrogens is 190 g/mol. The molecule has 0 aromatic heterocycles. The summed E-state index contributed by atoms with van der Waals surface area (Å²) in [4.78, 5) is 14.1. The number of nitrogens with one attached hydrogen (secondary N) is 2. The number of hydrogen-bond acceptors (Lipinski definition) is 3. The van der Waals surface area contributed by atoms with Crippen LogP contribution >= 0.6 is 0 Å². The van der Waals surface area contributed by atoms with E-state index in [2.05, 4.69) is 10.6 Å². The molecule has 0 saturated carbocycles. The summed E-state index contributed by atoms with van der Waals surface area (Å²) in [5, 5.41) is 6.75. The van der Waals surface area contributed by atoms with Gasteiger partial charge in [0.2, 0.25) is 5.91 Å². The van der Waals surface area contributed by atoms with E-state index in [-0.39, 0.29) is 12.1 Å². The largest absolute Gasteiger partial charge is 0.326 e. The van der Waals surface area contributed by atoms with Gasteiger partial charge in [0.15, 0.2) is 0 Å². The molecule has 15 heavy (non-hydrogen) atoms. The second-order valence-corrected chi connectivity index (χ2v) is 4.60. The molecule has 0 spiro atoms. The zero-order valence-corrected chi connectivity index (χ0v) is 9.46. The van der Waals surface area contributed by atoms with Crippen LogP contribution in [0.5, 0.6) is 0 Å². The average molecular weight is 211 g/mol. The number of nitrogens with zero attached hydrogens (tertiary/aromatic N) is 1. The molecule has 0 aromatic rings. The Bertz CT molecular complexity index is 226. The van der Waals surface area contributed by atoms with Crippen molar-refractivity contribution < 1.29 is 4.79 Å². The van der Waals surface area contributed by atoms with Crippen LogP contribution in [0.1, 0.15) is 26.2 Å². The van der Waals surface area contributed by atoms with E-state index in [0.29, 0.717) is 5.91 Å². The third-order valence-corrected chi connectivity index (χ3v) is 3.35. The van der Waals surface area contributed by atoms with Gasteiger partial charge in [0, 0.05) is 25.6 Å². The smallest absolute Gasteiger partial charge is 0.227 e. The summed E-state index contributed by atoms with van der Waals surface area (Å²) in [6.45, 7) is 5.66. The second kappa shape index (κ2) is 4.94. The molecule has 2 aliphatic heterocycles. The van der Waals surface area contributed by atoms with E-state index in [0.717, 1.165) is 32.6 Å². The monoisotopic (exact) mass is 211 g/mol. The van der Waals surface area contributed by atoms with Crippen LogP contribution in [-0.4, -0.2) is 43.2 Å². The maximum atomic E-state index is 12.1. The van der Waals surface area contributed by atoms with E-state index in [1.165, 1.54) is 12.8 Å². The topological polar surface area (TPSA) is 44.4 Å². The summed E-state index contributed by atoms with van der Waals surface area (Å²) in [6, 6.07) is 0. The van der Waals surface area contributed by atoms with Crippen molar-refractivity contribution in [3.05, 3.63) is 0 Å². The van der Waals surface area contributed by atoms with Crippen LogP contribution in [0.25, 0.3) is 0 Å². The first kappa shape index (κ1) is 10.9. The minimum atomic E-state index is 0.122. The Morgan fingerprint density at radius 2 is 2.20 bits per heavy atom. The molecule has 1 amide bonds. The third-order valence-electron chi connectivity index (χ3n) is 3.35. The van der Waals surface area contributed by atoms with Gasteiger partial charge in [0.05, 0.1) is 6.17 Å². The Kier molecular flexibility index (Phi) is 3.59. The highest BCUT2D eigenvalue weighted by Crippen LogP contribution is 2.15. The zero-order chi connectivity index (χ0) is 10.7. The maximum absolute atomic E-state index is 12.1. The Labute approximate surface area is 91.4 Å². The first-order valence-electron chi connectivity index (χ1n) is 6.03. The number of rotatable bonds is 1. The number of carbonyl (C=O) groups is 1. The number of carbonyl (C=O) groups excluding carboxylic acids is 1. The molecule has 0 bridgehead atoms. The molecule has 2 unspecified atom stereocenters. The fourth-order valence-electron chi connectivity index (χ4n) is 2.41. The first-order valence-corrected chi connectivity index (χ1v) is 6.03. The molecular formula is C11H21N3O. The molecule has 4 heteroatoms. The molecule has 2 rings (SSSR count). The van der Waals surface area contributed by atoms with Crippen molar-refractivity contribution in [2.24, 2.45) is 5.92 Å². The minimum Gasteiger partial charge on any atom is -0.326 e. The van der Waals surface area contributed by atoms with Crippen molar-refractivity contribution in [1.29, 1.82) is 0 Å². The van der Waals surface area contributed by atoms with Gasteiger partial charge < -0.3 is 10.2 Å².